The van der Waals surface area contributed by atoms with Crippen LogP contribution in [0.25, 0.3) is 0 Å². The minimum atomic E-state index is -5.08. The molecule has 0 unspecified atom stereocenters. The number of aliphatic carboxylic acids is 1. The van der Waals surface area contributed by atoms with Gasteiger partial charge in [0.25, 0.3) is 5.91 Å². The predicted octanol–water partition coefficient (Wildman–Crippen LogP) is 3.21. The minimum absolute atomic E-state index is 0.0356. The Morgan fingerprint density at radius 1 is 1.23 bits per heavy atom. The number of carbonyl (C=O) groups excluding carboxylic acids is 1. The Morgan fingerprint density at radius 3 is 2.53 bits per heavy atom. The molecule has 30 heavy (non-hydrogen) atoms. The number of carboxylic acids is 1. The van der Waals surface area contributed by atoms with Gasteiger partial charge in [0.2, 0.25) is 0 Å². The number of hydrogen-bond acceptors (Lipinski definition) is 5. The fraction of sp³-hybridized carbons (Fsp3) is 0.700. The van der Waals surface area contributed by atoms with Crippen molar-refractivity contribution >= 4 is 11.9 Å². The first-order chi connectivity index (χ1) is 14.2. The molecular weight excluding hydrogens is 405 g/mol. The van der Waals surface area contributed by atoms with E-state index in [4.69, 9.17) is 19.1 Å². The van der Waals surface area contributed by atoms with E-state index >= 15 is 0 Å². The average molecular weight is 432 g/mol. The molecule has 2 atom stereocenters. The number of halogens is 3. The number of rotatable bonds is 4. The fourth-order valence-electron chi connectivity index (χ4n) is 4.21. The monoisotopic (exact) mass is 432 g/mol. The fourth-order valence-corrected chi connectivity index (χ4v) is 4.21. The Hall–Kier alpha value is -2.07. The molecule has 2 aliphatic heterocycles. The van der Waals surface area contributed by atoms with Gasteiger partial charge in [0.15, 0.2) is 5.76 Å². The highest BCUT2D eigenvalue weighted by Gasteiger charge is 2.45. The summed E-state index contributed by atoms with van der Waals surface area (Å²) >= 11 is 0. The van der Waals surface area contributed by atoms with Gasteiger partial charge in [0.05, 0.1) is 18.0 Å². The van der Waals surface area contributed by atoms with Gasteiger partial charge in [-0.2, -0.15) is 13.2 Å². The molecule has 1 saturated carbocycles. The highest BCUT2D eigenvalue weighted by molar-refractivity contribution is 5.91. The summed E-state index contributed by atoms with van der Waals surface area (Å²) in [4.78, 5) is 23.5. The Kier molecular flexibility index (Phi) is 7.07. The number of nitrogens with one attached hydrogen (secondary N) is 1. The molecule has 0 bridgehead atoms. The van der Waals surface area contributed by atoms with E-state index in [9.17, 15) is 18.0 Å². The third-order valence-corrected chi connectivity index (χ3v) is 5.99. The number of carbonyl (C=O) groups is 2. The number of nitrogens with zero attached hydrogens (tertiary/aromatic N) is 1. The maximum absolute atomic E-state index is 12.0. The van der Waals surface area contributed by atoms with Crippen molar-refractivity contribution in [3.63, 3.8) is 0 Å². The molecule has 168 valence electrons. The van der Waals surface area contributed by atoms with Crippen LogP contribution in [0.5, 0.6) is 0 Å². The first-order valence-corrected chi connectivity index (χ1v) is 10.2. The second-order valence-electron chi connectivity index (χ2n) is 8.11. The number of ether oxygens (including phenoxy) is 1. The number of amides is 1. The summed E-state index contributed by atoms with van der Waals surface area (Å²) < 4.78 is 43.3. The van der Waals surface area contributed by atoms with Crippen molar-refractivity contribution in [2.75, 3.05) is 19.6 Å². The van der Waals surface area contributed by atoms with E-state index in [1.807, 2.05) is 0 Å². The van der Waals surface area contributed by atoms with Gasteiger partial charge in [0, 0.05) is 25.7 Å². The van der Waals surface area contributed by atoms with Crippen molar-refractivity contribution in [1.29, 1.82) is 0 Å². The second-order valence-corrected chi connectivity index (χ2v) is 8.11. The van der Waals surface area contributed by atoms with Crippen LogP contribution >= 0.6 is 0 Å². The molecule has 3 heterocycles. The summed E-state index contributed by atoms with van der Waals surface area (Å²) in [5, 5.41) is 10.1. The first kappa shape index (κ1) is 22.6. The lowest BCUT2D eigenvalue weighted by Gasteiger charge is -2.41. The molecule has 1 aliphatic carbocycles. The van der Waals surface area contributed by atoms with Crippen LogP contribution in [0.2, 0.25) is 0 Å². The van der Waals surface area contributed by atoms with Gasteiger partial charge < -0.3 is 19.6 Å². The number of hydrogen-bond donors (Lipinski definition) is 2. The Labute approximate surface area is 172 Å². The Balaban J connectivity index is 0.000000318. The van der Waals surface area contributed by atoms with E-state index in [0.29, 0.717) is 12.3 Å². The summed E-state index contributed by atoms with van der Waals surface area (Å²) in [6, 6.07) is 4.22. The number of alkyl halides is 3. The number of likely N-dealkylation sites (tertiary alicyclic amines) is 1. The molecule has 10 heteroatoms. The molecule has 2 N–H and O–H groups in total. The average Bonchev–Trinajstić information content (AvgIpc) is 3.29. The second kappa shape index (κ2) is 9.38. The van der Waals surface area contributed by atoms with Gasteiger partial charge in [-0.05, 0) is 50.7 Å². The SMILES string of the molecule is O=C(NC[C@H]1CCC[C@]2(CCN(C3CCC3)C2)O1)c1ccco1.O=C(O)C(F)(F)F. The van der Waals surface area contributed by atoms with Gasteiger partial charge in [-0.1, -0.05) is 6.42 Å². The maximum atomic E-state index is 12.0. The molecule has 3 aliphatic rings. The quantitative estimate of drug-likeness (QED) is 0.759. The molecular formula is C20H27F3N2O5. The number of furan rings is 1. The lowest BCUT2D eigenvalue weighted by atomic mass is 9.89. The van der Waals surface area contributed by atoms with Gasteiger partial charge in [-0.25, -0.2) is 4.79 Å². The van der Waals surface area contributed by atoms with Gasteiger partial charge >= 0.3 is 12.1 Å². The van der Waals surface area contributed by atoms with Crippen LogP contribution in [0.15, 0.2) is 22.8 Å². The summed E-state index contributed by atoms with van der Waals surface area (Å²) in [5.74, 6) is -2.54. The maximum Gasteiger partial charge on any atom is 0.490 e. The smallest absolute Gasteiger partial charge is 0.475 e. The predicted molar refractivity (Wildman–Crippen MR) is 100 cm³/mol. The van der Waals surface area contributed by atoms with Gasteiger partial charge in [-0.3, -0.25) is 9.69 Å². The highest BCUT2D eigenvalue weighted by atomic mass is 19.4. The summed E-state index contributed by atoms with van der Waals surface area (Å²) in [6.07, 6.45) is 5.21. The molecule has 0 aromatic carbocycles. The third kappa shape index (κ3) is 5.75. The van der Waals surface area contributed by atoms with E-state index in [2.05, 4.69) is 10.2 Å². The Morgan fingerprint density at radius 2 is 1.97 bits per heavy atom. The van der Waals surface area contributed by atoms with E-state index in [-0.39, 0.29) is 17.6 Å². The zero-order valence-corrected chi connectivity index (χ0v) is 16.6. The topological polar surface area (TPSA) is 92.0 Å². The summed E-state index contributed by atoms with van der Waals surface area (Å²) in [6.45, 7) is 2.83. The zero-order valence-electron chi connectivity index (χ0n) is 16.6. The van der Waals surface area contributed by atoms with Gasteiger partial charge in [0.1, 0.15) is 0 Å². The molecule has 1 amide bonds. The van der Waals surface area contributed by atoms with Crippen LogP contribution in [0.4, 0.5) is 13.2 Å². The Bertz CT molecular complexity index is 721. The standard InChI is InChI=1S/C18H26N2O3.C2HF3O2/c21-17(16-7-3-11-22-16)19-12-15-6-2-8-18(23-15)9-10-20(13-18)14-4-1-5-14;3-2(4,5)1(6)7/h3,7,11,14-15H,1-2,4-6,8-10,12-13H2,(H,19,21);(H,6,7)/t15-,18-;/m1./s1. The number of carboxylic acid groups (broad SMARTS) is 1. The molecule has 2 saturated heterocycles. The van der Waals surface area contributed by atoms with Crippen LogP contribution in [-0.4, -0.2) is 65.4 Å². The van der Waals surface area contributed by atoms with E-state index in [1.54, 1.807) is 12.1 Å². The minimum Gasteiger partial charge on any atom is -0.475 e. The van der Waals surface area contributed by atoms with E-state index in [1.165, 1.54) is 44.9 Å². The highest BCUT2D eigenvalue weighted by Crippen LogP contribution is 2.39. The van der Waals surface area contributed by atoms with Crippen LogP contribution in [0.3, 0.4) is 0 Å². The van der Waals surface area contributed by atoms with E-state index in [0.717, 1.165) is 25.4 Å². The lowest BCUT2D eigenvalue weighted by Crippen LogP contribution is -2.48. The van der Waals surface area contributed by atoms with Crippen molar-refractivity contribution in [2.24, 2.45) is 0 Å². The third-order valence-electron chi connectivity index (χ3n) is 5.99. The molecule has 3 fully saturated rings. The first-order valence-electron chi connectivity index (χ1n) is 10.2. The van der Waals surface area contributed by atoms with E-state index < -0.39 is 12.1 Å². The molecule has 4 rings (SSSR count). The molecule has 1 spiro atoms. The van der Waals surface area contributed by atoms with Crippen LogP contribution < -0.4 is 5.32 Å². The van der Waals surface area contributed by atoms with Crippen LogP contribution in [0.1, 0.15) is 55.5 Å². The zero-order chi connectivity index (χ0) is 21.8. The normalized spacial score (nSPS) is 27.2. The molecule has 1 aromatic rings. The molecule has 7 nitrogen and oxygen atoms in total. The largest absolute Gasteiger partial charge is 0.490 e. The van der Waals surface area contributed by atoms with Crippen molar-refractivity contribution in [3.8, 4) is 0 Å². The van der Waals surface area contributed by atoms with Gasteiger partial charge in [-0.15, -0.1) is 0 Å². The molecule has 0 radical (unpaired) electrons. The lowest BCUT2D eigenvalue weighted by molar-refractivity contribution is -0.192. The molecule has 1 aromatic heterocycles. The summed E-state index contributed by atoms with van der Waals surface area (Å²) in [7, 11) is 0. The summed E-state index contributed by atoms with van der Waals surface area (Å²) in [5.41, 5.74) is 0.0356. The van der Waals surface area contributed by atoms with Crippen LogP contribution in [-0.2, 0) is 9.53 Å². The van der Waals surface area contributed by atoms with Crippen molar-refractivity contribution in [1.82, 2.24) is 10.2 Å². The van der Waals surface area contributed by atoms with Crippen molar-refractivity contribution < 1.29 is 37.0 Å². The van der Waals surface area contributed by atoms with Crippen molar-refractivity contribution in [3.05, 3.63) is 24.2 Å². The van der Waals surface area contributed by atoms with Crippen LogP contribution in [0, 0.1) is 0 Å². The van der Waals surface area contributed by atoms with Crippen molar-refractivity contribution in [2.45, 2.75) is 68.9 Å².